The first-order chi connectivity index (χ1) is 9.15. The van der Waals surface area contributed by atoms with Gasteiger partial charge >= 0.3 is 0 Å². The molecule has 0 aromatic heterocycles. The molecule has 1 aliphatic heterocycles. The monoisotopic (exact) mass is 278 g/mol. The van der Waals surface area contributed by atoms with Gasteiger partial charge in [0.1, 0.15) is 0 Å². The number of halogens is 1. The Morgan fingerprint density at radius 2 is 2.11 bits per heavy atom. The molecule has 3 unspecified atom stereocenters. The van der Waals surface area contributed by atoms with E-state index >= 15 is 0 Å². The first kappa shape index (κ1) is 12.9. The van der Waals surface area contributed by atoms with Crippen LogP contribution < -0.4 is 5.32 Å². The van der Waals surface area contributed by atoms with E-state index in [1.807, 2.05) is 12.1 Å². The summed E-state index contributed by atoms with van der Waals surface area (Å²) in [5.74, 6) is 1.32. The molecule has 2 aliphatic rings. The normalized spacial score (nSPS) is 30.3. The van der Waals surface area contributed by atoms with E-state index in [1.54, 1.807) is 12.1 Å². The van der Waals surface area contributed by atoms with Gasteiger partial charge in [-0.05, 0) is 43.9 Å². The summed E-state index contributed by atoms with van der Waals surface area (Å²) in [6.45, 7) is 2.27. The third kappa shape index (κ3) is 2.49. The van der Waals surface area contributed by atoms with Crippen LogP contribution in [-0.2, 0) is 0 Å². The summed E-state index contributed by atoms with van der Waals surface area (Å²) in [5, 5.41) is 3.70. The fourth-order valence-corrected chi connectivity index (χ4v) is 3.78. The van der Waals surface area contributed by atoms with Gasteiger partial charge in [0.15, 0.2) is 0 Å². The van der Waals surface area contributed by atoms with E-state index in [-0.39, 0.29) is 5.91 Å². The molecule has 1 saturated carbocycles. The van der Waals surface area contributed by atoms with Crippen molar-refractivity contribution >= 4 is 17.5 Å². The Labute approximate surface area is 118 Å². The second kappa shape index (κ2) is 5.14. The van der Waals surface area contributed by atoms with Gasteiger partial charge in [-0.1, -0.05) is 23.7 Å². The Kier molecular flexibility index (Phi) is 3.50. The maximum Gasteiger partial charge on any atom is 0.253 e. The molecule has 3 rings (SSSR count). The van der Waals surface area contributed by atoms with Crippen LogP contribution in [0.15, 0.2) is 24.3 Å². The van der Waals surface area contributed by atoms with Crippen molar-refractivity contribution in [3.63, 3.8) is 0 Å². The molecule has 1 heterocycles. The van der Waals surface area contributed by atoms with Crippen LogP contribution in [-0.4, -0.2) is 37.0 Å². The van der Waals surface area contributed by atoms with Gasteiger partial charge in [-0.25, -0.2) is 0 Å². The van der Waals surface area contributed by atoms with E-state index in [9.17, 15) is 4.79 Å². The standard InChI is InChI=1S/C15H19ClN2O/c1-18-8-10-6-7-14(12(10)9-18)17-15(19)11-4-2-3-5-13(11)16/h2-5,10,12,14H,6-9H2,1H3,(H,17,19). The van der Waals surface area contributed by atoms with Crippen LogP contribution in [0.1, 0.15) is 23.2 Å². The fourth-order valence-electron chi connectivity index (χ4n) is 3.56. The first-order valence-corrected chi connectivity index (χ1v) is 7.27. The summed E-state index contributed by atoms with van der Waals surface area (Å²) < 4.78 is 0. The lowest BCUT2D eigenvalue weighted by molar-refractivity contribution is 0.0926. The molecule has 0 bridgehead atoms. The zero-order valence-corrected chi connectivity index (χ0v) is 11.9. The molecule has 0 radical (unpaired) electrons. The van der Waals surface area contributed by atoms with Crippen molar-refractivity contribution in [3.8, 4) is 0 Å². The molecule has 1 N–H and O–H groups in total. The van der Waals surface area contributed by atoms with Gasteiger partial charge in [-0.15, -0.1) is 0 Å². The van der Waals surface area contributed by atoms with Crippen LogP contribution >= 0.6 is 11.6 Å². The Morgan fingerprint density at radius 3 is 2.89 bits per heavy atom. The highest BCUT2D eigenvalue weighted by molar-refractivity contribution is 6.33. The minimum absolute atomic E-state index is 0.0363. The third-order valence-electron chi connectivity index (χ3n) is 4.47. The Morgan fingerprint density at radius 1 is 1.32 bits per heavy atom. The van der Waals surface area contributed by atoms with Gasteiger partial charge in [-0.3, -0.25) is 4.79 Å². The number of rotatable bonds is 2. The lowest BCUT2D eigenvalue weighted by Gasteiger charge is -2.20. The summed E-state index contributed by atoms with van der Waals surface area (Å²) >= 11 is 6.07. The molecular weight excluding hydrogens is 260 g/mol. The van der Waals surface area contributed by atoms with Crippen molar-refractivity contribution in [2.45, 2.75) is 18.9 Å². The highest BCUT2D eigenvalue weighted by atomic mass is 35.5. The molecule has 1 aromatic rings. The molecule has 3 nitrogen and oxygen atoms in total. The van der Waals surface area contributed by atoms with E-state index in [0.29, 0.717) is 22.5 Å². The lowest BCUT2D eigenvalue weighted by Crippen LogP contribution is -2.39. The number of hydrogen-bond donors (Lipinski definition) is 1. The Balaban J connectivity index is 1.69. The Bertz CT molecular complexity index is 491. The van der Waals surface area contributed by atoms with Crippen molar-refractivity contribution < 1.29 is 4.79 Å². The lowest BCUT2D eigenvalue weighted by atomic mass is 9.97. The summed E-state index contributed by atoms with van der Waals surface area (Å²) in [4.78, 5) is 14.6. The predicted octanol–water partition coefficient (Wildman–Crippen LogP) is 2.41. The van der Waals surface area contributed by atoms with Crippen molar-refractivity contribution in [2.24, 2.45) is 11.8 Å². The summed E-state index contributed by atoms with van der Waals surface area (Å²) in [7, 11) is 2.16. The molecule has 1 aliphatic carbocycles. The fraction of sp³-hybridized carbons (Fsp3) is 0.533. The SMILES string of the molecule is CN1CC2CCC(NC(=O)c3ccccc3Cl)C2C1. The number of carbonyl (C=O) groups excluding carboxylic acids is 1. The third-order valence-corrected chi connectivity index (χ3v) is 4.80. The van der Waals surface area contributed by atoms with Gasteiger partial charge in [0.2, 0.25) is 0 Å². The van der Waals surface area contributed by atoms with E-state index in [4.69, 9.17) is 11.6 Å². The van der Waals surface area contributed by atoms with Gasteiger partial charge in [0.05, 0.1) is 10.6 Å². The topological polar surface area (TPSA) is 32.3 Å². The van der Waals surface area contributed by atoms with Gasteiger partial charge < -0.3 is 10.2 Å². The van der Waals surface area contributed by atoms with Crippen LogP contribution in [0.25, 0.3) is 0 Å². The highest BCUT2D eigenvalue weighted by Crippen LogP contribution is 2.37. The van der Waals surface area contributed by atoms with Crippen LogP contribution in [0.4, 0.5) is 0 Å². The van der Waals surface area contributed by atoms with Crippen LogP contribution in [0.3, 0.4) is 0 Å². The van der Waals surface area contributed by atoms with E-state index in [1.165, 1.54) is 13.0 Å². The van der Waals surface area contributed by atoms with E-state index in [2.05, 4.69) is 17.3 Å². The Hall–Kier alpha value is -1.06. The minimum Gasteiger partial charge on any atom is -0.349 e. The summed E-state index contributed by atoms with van der Waals surface area (Å²) in [6.07, 6.45) is 2.32. The van der Waals surface area contributed by atoms with Gasteiger partial charge in [-0.2, -0.15) is 0 Å². The largest absolute Gasteiger partial charge is 0.349 e. The summed E-state index contributed by atoms with van der Waals surface area (Å²) in [6, 6.07) is 7.54. The molecule has 19 heavy (non-hydrogen) atoms. The molecule has 1 saturated heterocycles. The summed E-state index contributed by atoms with van der Waals surface area (Å²) in [5.41, 5.74) is 0.582. The number of benzene rings is 1. The highest BCUT2D eigenvalue weighted by Gasteiger charge is 2.42. The molecule has 4 heteroatoms. The van der Waals surface area contributed by atoms with Crippen LogP contribution in [0.5, 0.6) is 0 Å². The van der Waals surface area contributed by atoms with E-state index in [0.717, 1.165) is 18.9 Å². The zero-order valence-electron chi connectivity index (χ0n) is 11.1. The number of fused-ring (bicyclic) bond motifs is 1. The molecule has 1 aromatic carbocycles. The minimum atomic E-state index is -0.0363. The van der Waals surface area contributed by atoms with E-state index < -0.39 is 0 Å². The molecule has 102 valence electrons. The van der Waals surface area contributed by atoms with Crippen LogP contribution in [0, 0.1) is 11.8 Å². The van der Waals surface area contributed by atoms with Crippen molar-refractivity contribution in [2.75, 3.05) is 20.1 Å². The molecule has 3 atom stereocenters. The second-order valence-electron chi connectivity index (χ2n) is 5.78. The van der Waals surface area contributed by atoms with Crippen molar-refractivity contribution in [3.05, 3.63) is 34.9 Å². The van der Waals surface area contributed by atoms with Crippen molar-refractivity contribution in [1.29, 1.82) is 0 Å². The zero-order chi connectivity index (χ0) is 13.4. The number of nitrogens with zero attached hydrogens (tertiary/aromatic N) is 1. The maximum atomic E-state index is 12.3. The number of carbonyl (C=O) groups is 1. The first-order valence-electron chi connectivity index (χ1n) is 6.89. The molecule has 0 spiro atoms. The molecular formula is C15H19ClN2O. The maximum absolute atomic E-state index is 12.3. The second-order valence-corrected chi connectivity index (χ2v) is 6.19. The number of amides is 1. The molecule has 1 amide bonds. The smallest absolute Gasteiger partial charge is 0.253 e. The van der Waals surface area contributed by atoms with Gasteiger partial charge in [0, 0.05) is 19.1 Å². The van der Waals surface area contributed by atoms with Gasteiger partial charge in [0.25, 0.3) is 5.91 Å². The average Bonchev–Trinajstić information content (AvgIpc) is 2.90. The predicted molar refractivity (Wildman–Crippen MR) is 76.4 cm³/mol. The van der Waals surface area contributed by atoms with Crippen LogP contribution in [0.2, 0.25) is 5.02 Å². The van der Waals surface area contributed by atoms with Crippen molar-refractivity contribution in [1.82, 2.24) is 10.2 Å². The average molecular weight is 279 g/mol. The molecule has 2 fully saturated rings. The number of likely N-dealkylation sites (tertiary alicyclic amines) is 1. The quantitative estimate of drug-likeness (QED) is 0.901. The number of nitrogens with one attached hydrogen (secondary N) is 1. The number of hydrogen-bond acceptors (Lipinski definition) is 2.